The Hall–Kier alpha value is -0.650. The van der Waals surface area contributed by atoms with Gasteiger partial charge in [-0.25, -0.2) is 0 Å². The number of aliphatic carboxylic acids is 1. The highest BCUT2D eigenvalue weighted by Crippen LogP contribution is 2.34. The zero-order chi connectivity index (χ0) is 13.6. The highest BCUT2D eigenvalue weighted by molar-refractivity contribution is 5.74. The Morgan fingerprint density at radius 2 is 2.17 bits per heavy atom. The lowest BCUT2D eigenvalue weighted by atomic mass is 9.74. The van der Waals surface area contributed by atoms with Crippen molar-refractivity contribution < 1.29 is 19.7 Å². The van der Waals surface area contributed by atoms with Gasteiger partial charge in [-0.15, -0.1) is 0 Å². The Bertz CT molecular complexity index is 268. The van der Waals surface area contributed by atoms with E-state index in [9.17, 15) is 9.90 Å². The molecule has 1 saturated heterocycles. The van der Waals surface area contributed by atoms with Gasteiger partial charge in [0.25, 0.3) is 0 Å². The van der Waals surface area contributed by atoms with Crippen LogP contribution in [0.15, 0.2) is 0 Å². The quantitative estimate of drug-likeness (QED) is 0.662. The smallest absolute Gasteiger partial charge is 0.309 e. The zero-order valence-corrected chi connectivity index (χ0v) is 11.4. The van der Waals surface area contributed by atoms with E-state index in [0.29, 0.717) is 13.2 Å². The number of ether oxygens (including phenoxy) is 1. The average Bonchev–Trinajstić information content (AvgIpc) is 2.35. The van der Waals surface area contributed by atoms with E-state index in [1.807, 2.05) is 13.8 Å². The number of rotatable bonds is 7. The first-order valence-electron chi connectivity index (χ1n) is 6.63. The fraction of sp³-hybridized carbons (Fsp3) is 0.923. The summed E-state index contributed by atoms with van der Waals surface area (Å²) in [4.78, 5) is 13.5. The minimum Gasteiger partial charge on any atom is -0.481 e. The van der Waals surface area contributed by atoms with Gasteiger partial charge in [0, 0.05) is 13.1 Å². The second-order valence-electron chi connectivity index (χ2n) is 5.50. The van der Waals surface area contributed by atoms with E-state index >= 15 is 0 Å². The molecule has 5 heteroatoms. The lowest BCUT2D eigenvalue weighted by Gasteiger charge is -2.39. The number of nitrogens with zero attached hydrogens (tertiary/aromatic N) is 1. The summed E-state index contributed by atoms with van der Waals surface area (Å²) in [7, 11) is 0. The number of hydrogen-bond acceptors (Lipinski definition) is 4. The summed E-state index contributed by atoms with van der Waals surface area (Å²) in [5.74, 6) is -0.521. The Labute approximate surface area is 109 Å². The van der Waals surface area contributed by atoms with Crippen molar-refractivity contribution in [3.8, 4) is 0 Å². The van der Waals surface area contributed by atoms with Crippen molar-refractivity contribution in [3.05, 3.63) is 0 Å². The van der Waals surface area contributed by atoms with Crippen LogP contribution in [0.3, 0.4) is 0 Å². The SMILES string of the molecule is CC(C)(C(=O)O)C1CCCN(CCOCCO)C1. The molecule has 1 unspecified atom stereocenters. The van der Waals surface area contributed by atoms with Crippen LogP contribution >= 0.6 is 0 Å². The maximum Gasteiger partial charge on any atom is 0.309 e. The highest BCUT2D eigenvalue weighted by Gasteiger charge is 2.38. The van der Waals surface area contributed by atoms with E-state index in [4.69, 9.17) is 9.84 Å². The van der Waals surface area contributed by atoms with Gasteiger partial charge in [-0.1, -0.05) is 0 Å². The van der Waals surface area contributed by atoms with E-state index in [1.165, 1.54) is 0 Å². The van der Waals surface area contributed by atoms with Crippen LogP contribution in [0.1, 0.15) is 26.7 Å². The number of carbonyl (C=O) groups is 1. The first kappa shape index (κ1) is 15.4. The second-order valence-corrected chi connectivity index (χ2v) is 5.50. The van der Waals surface area contributed by atoms with Gasteiger partial charge in [0.1, 0.15) is 0 Å². The van der Waals surface area contributed by atoms with E-state index in [0.717, 1.165) is 32.5 Å². The lowest BCUT2D eigenvalue weighted by molar-refractivity contribution is -0.151. The fourth-order valence-electron chi connectivity index (χ4n) is 2.38. The second kappa shape index (κ2) is 7.07. The third-order valence-electron chi connectivity index (χ3n) is 3.86. The number of carboxylic acid groups (broad SMARTS) is 1. The summed E-state index contributed by atoms with van der Waals surface area (Å²) >= 11 is 0. The molecule has 0 radical (unpaired) electrons. The van der Waals surface area contributed by atoms with E-state index in [1.54, 1.807) is 0 Å². The monoisotopic (exact) mass is 259 g/mol. The third-order valence-corrected chi connectivity index (χ3v) is 3.86. The predicted molar refractivity (Wildman–Crippen MR) is 68.5 cm³/mol. The van der Waals surface area contributed by atoms with Crippen LogP contribution < -0.4 is 0 Å². The number of aliphatic hydroxyl groups is 1. The maximum absolute atomic E-state index is 11.3. The van der Waals surface area contributed by atoms with Gasteiger partial charge in [0.2, 0.25) is 0 Å². The Morgan fingerprint density at radius 3 is 2.78 bits per heavy atom. The molecule has 2 N–H and O–H groups in total. The number of carboxylic acids is 1. The van der Waals surface area contributed by atoms with Crippen molar-refractivity contribution in [1.29, 1.82) is 0 Å². The lowest BCUT2D eigenvalue weighted by Crippen LogP contribution is -2.45. The molecule has 5 nitrogen and oxygen atoms in total. The number of aliphatic hydroxyl groups excluding tert-OH is 1. The highest BCUT2D eigenvalue weighted by atomic mass is 16.5. The van der Waals surface area contributed by atoms with Crippen LogP contribution in [0.25, 0.3) is 0 Å². The molecule has 0 aromatic carbocycles. The summed E-state index contributed by atoms with van der Waals surface area (Å²) in [6.45, 7) is 7.29. The van der Waals surface area contributed by atoms with Crippen molar-refractivity contribution in [3.63, 3.8) is 0 Å². The van der Waals surface area contributed by atoms with E-state index in [-0.39, 0.29) is 12.5 Å². The van der Waals surface area contributed by atoms with Crippen LogP contribution in [0.5, 0.6) is 0 Å². The molecule has 1 aliphatic rings. The molecule has 0 aromatic rings. The Balaban J connectivity index is 2.39. The first-order valence-corrected chi connectivity index (χ1v) is 6.63. The normalized spacial score (nSPS) is 22.1. The first-order chi connectivity index (χ1) is 8.48. The van der Waals surface area contributed by atoms with Crippen LogP contribution in [0.2, 0.25) is 0 Å². The Kier molecular flexibility index (Phi) is 6.05. The Morgan fingerprint density at radius 1 is 1.44 bits per heavy atom. The summed E-state index contributed by atoms with van der Waals surface area (Å²) in [6.07, 6.45) is 2.02. The van der Waals surface area contributed by atoms with Gasteiger partial charge >= 0.3 is 5.97 Å². The predicted octanol–water partition coefficient (Wildman–Crippen LogP) is 0.818. The van der Waals surface area contributed by atoms with E-state index < -0.39 is 11.4 Å². The molecule has 0 amide bonds. The van der Waals surface area contributed by atoms with Crippen LogP contribution in [0, 0.1) is 11.3 Å². The molecule has 0 aromatic heterocycles. The summed E-state index contributed by atoms with van der Waals surface area (Å²) in [6, 6.07) is 0. The van der Waals surface area contributed by atoms with Gasteiger partial charge < -0.3 is 19.8 Å². The summed E-state index contributed by atoms with van der Waals surface area (Å²) in [5.41, 5.74) is -0.662. The van der Waals surface area contributed by atoms with Gasteiger partial charge in [0.05, 0.1) is 25.2 Å². The number of likely N-dealkylation sites (tertiary alicyclic amines) is 1. The van der Waals surface area contributed by atoms with Crippen molar-refractivity contribution in [2.24, 2.45) is 11.3 Å². The van der Waals surface area contributed by atoms with Gasteiger partial charge in [0.15, 0.2) is 0 Å². The van der Waals surface area contributed by atoms with Crippen molar-refractivity contribution in [1.82, 2.24) is 4.90 Å². The van der Waals surface area contributed by atoms with Gasteiger partial charge in [-0.3, -0.25) is 4.79 Å². The zero-order valence-electron chi connectivity index (χ0n) is 11.4. The molecule has 0 saturated carbocycles. The topological polar surface area (TPSA) is 70.0 Å². The van der Waals surface area contributed by atoms with Crippen LogP contribution in [-0.2, 0) is 9.53 Å². The molecule has 0 spiro atoms. The number of hydrogen-bond donors (Lipinski definition) is 2. The molecule has 1 heterocycles. The van der Waals surface area contributed by atoms with E-state index in [2.05, 4.69) is 4.90 Å². The number of piperidine rings is 1. The van der Waals surface area contributed by atoms with Crippen molar-refractivity contribution >= 4 is 5.97 Å². The van der Waals surface area contributed by atoms with Crippen LogP contribution in [-0.4, -0.2) is 60.5 Å². The standard InChI is InChI=1S/C13H25NO4/c1-13(2,12(16)17)11-4-3-5-14(10-11)6-8-18-9-7-15/h11,15H,3-10H2,1-2H3,(H,16,17). The third kappa shape index (κ3) is 4.23. The summed E-state index contributed by atoms with van der Waals surface area (Å²) < 4.78 is 5.25. The maximum atomic E-state index is 11.3. The molecule has 1 fully saturated rings. The minimum absolute atomic E-state index is 0.0503. The van der Waals surface area contributed by atoms with Gasteiger partial charge in [-0.2, -0.15) is 0 Å². The average molecular weight is 259 g/mol. The van der Waals surface area contributed by atoms with Crippen molar-refractivity contribution in [2.45, 2.75) is 26.7 Å². The molecule has 106 valence electrons. The molecule has 1 rings (SSSR count). The molecule has 18 heavy (non-hydrogen) atoms. The minimum atomic E-state index is -0.717. The van der Waals surface area contributed by atoms with Crippen molar-refractivity contribution in [2.75, 3.05) is 39.5 Å². The molecule has 1 atom stereocenters. The molecule has 1 aliphatic heterocycles. The molecular weight excluding hydrogens is 234 g/mol. The molecule has 0 aliphatic carbocycles. The largest absolute Gasteiger partial charge is 0.481 e. The summed E-state index contributed by atoms with van der Waals surface area (Å²) in [5, 5.41) is 17.9. The van der Waals surface area contributed by atoms with Gasteiger partial charge in [-0.05, 0) is 39.2 Å². The molecular formula is C13H25NO4. The van der Waals surface area contributed by atoms with Crippen LogP contribution in [0.4, 0.5) is 0 Å². The fourth-order valence-corrected chi connectivity index (χ4v) is 2.38. The molecule has 0 bridgehead atoms.